The SMILES string of the molecule is CN1C=Nc2c(Cl)ccc3c(Cl)cc(Cl)c1c23. The molecule has 2 aromatic rings. The fourth-order valence-corrected chi connectivity index (χ4v) is 2.92. The van der Waals surface area contributed by atoms with Crippen LogP contribution in [0.2, 0.25) is 15.1 Å². The molecule has 0 N–H and O–H groups in total. The van der Waals surface area contributed by atoms with Gasteiger partial charge in [-0.05, 0) is 12.1 Å². The molecule has 0 radical (unpaired) electrons. The second-order valence-electron chi connectivity index (χ2n) is 3.86. The van der Waals surface area contributed by atoms with Gasteiger partial charge in [-0.2, -0.15) is 0 Å². The Bertz CT molecular complexity index is 665. The van der Waals surface area contributed by atoms with Gasteiger partial charge in [0.2, 0.25) is 0 Å². The molecule has 0 fully saturated rings. The smallest absolute Gasteiger partial charge is 0.0955 e. The number of anilines is 1. The van der Waals surface area contributed by atoms with Crippen molar-refractivity contribution in [1.82, 2.24) is 0 Å². The lowest BCUT2D eigenvalue weighted by Gasteiger charge is -2.23. The normalized spacial score (nSPS) is 13.5. The topological polar surface area (TPSA) is 15.6 Å². The van der Waals surface area contributed by atoms with Crippen LogP contribution in [0.4, 0.5) is 11.4 Å². The maximum Gasteiger partial charge on any atom is 0.0955 e. The first-order valence-electron chi connectivity index (χ1n) is 4.97. The van der Waals surface area contributed by atoms with Crippen LogP contribution in [0.1, 0.15) is 0 Å². The molecule has 0 amide bonds. The maximum atomic E-state index is 6.23. The van der Waals surface area contributed by atoms with E-state index in [1.165, 1.54) is 0 Å². The summed E-state index contributed by atoms with van der Waals surface area (Å²) in [5, 5.41) is 3.62. The van der Waals surface area contributed by atoms with Gasteiger partial charge < -0.3 is 4.90 Å². The first kappa shape index (κ1) is 11.1. The van der Waals surface area contributed by atoms with Crippen LogP contribution in [0.25, 0.3) is 10.8 Å². The van der Waals surface area contributed by atoms with Crippen LogP contribution in [0.15, 0.2) is 23.2 Å². The van der Waals surface area contributed by atoms with Crippen LogP contribution in [-0.4, -0.2) is 13.4 Å². The standard InChI is InChI=1S/C12H7Cl3N2/c1-17-5-16-11-7(13)3-2-6-8(14)4-9(15)12(17)10(6)11/h2-5H,1H3. The zero-order valence-corrected chi connectivity index (χ0v) is 11.1. The number of hydrogen-bond acceptors (Lipinski definition) is 2. The molecule has 86 valence electrons. The van der Waals surface area contributed by atoms with Crippen molar-refractivity contribution in [3.8, 4) is 0 Å². The molecule has 17 heavy (non-hydrogen) atoms. The van der Waals surface area contributed by atoms with Crippen molar-refractivity contribution in [2.45, 2.75) is 0 Å². The van der Waals surface area contributed by atoms with Gasteiger partial charge in [0.05, 0.1) is 32.8 Å². The van der Waals surface area contributed by atoms with Crippen LogP contribution in [0.5, 0.6) is 0 Å². The maximum absolute atomic E-state index is 6.23. The molecule has 0 saturated heterocycles. The first-order chi connectivity index (χ1) is 8.09. The average molecular weight is 286 g/mol. The zero-order chi connectivity index (χ0) is 12.2. The molecule has 0 aromatic heterocycles. The molecule has 5 heteroatoms. The molecule has 2 nitrogen and oxygen atoms in total. The predicted octanol–water partition coefficient (Wildman–Crippen LogP) is 4.91. The van der Waals surface area contributed by atoms with E-state index < -0.39 is 0 Å². The summed E-state index contributed by atoms with van der Waals surface area (Å²) in [5.41, 5.74) is 1.61. The van der Waals surface area contributed by atoms with Crippen LogP contribution < -0.4 is 4.90 Å². The van der Waals surface area contributed by atoms with Gasteiger partial charge in [0.1, 0.15) is 0 Å². The number of halogens is 3. The molecule has 0 saturated carbocycles. The predicted molar refractivity (Wildman–Crippen MR) is 75.5 cm³/mol. The van der Waals surface area contributed by atoms with E-state index in [0.29, 0.717) is 15.1 Å². The lowest BCUT2D eigenvalue weighted by Crippen LogP contribution is -2.17. The molecule has 1 aliphatic rings. The van der Waals surface area contributed by atoms with Crippen LogP contribution in [0, 0.1) is 0 Å². The van der Waals surface area contributed by atoms with E-state index in [-0.39, 0.29) is 0 Å². The highest BCUT2D eigenvalue weighted by Crippen LogP contribution is 2.47. The van der Waals surface area contributed by atoms with Gasteiger partial charge in [-0.1, -0.05) is 40.9 Å². The molecule has 0 bridgehead atoms. The second-order valence-corrected chi connectivity index (χ2v) is 5.08. The van der Waals surface area contributed by atoms with E-state index in [9.17, 15) is 0 Å². The molecule has 1 aliphatic heterocycles. The molecule has 1 heterocycles. The van der Waals surface area contributed by atoms with Crippen LogP contribution >= 0.6 is 34.8 Å². The number of hydrogen-bond donors (Lipinski definition) is 0. The summed E-state index contributed by atoms with van der Waals surface area (Å²) in [6.07, 6.45) is 1.70. The minimum absolute atomic E-state index is 0.597. The van der Waals surface area contributed by atoms with Gasteiger partial charge in [0.15, 0.2) is 0 Å². The molecular formula is C12H7Cl3N2. The van der Waals surface area contributed by atoms with Gasteiger partial charge in [-0.25, -0.2) is 4.99 Å². The van der Waals surface area contributed by atoms with Gasteiger partial charge in [0, 0.05) is 17.8 Å². The third kappa shape index (κ3) is 1.52. The van der Waals surface area contributed by atoms with Crippen molar-refractivity contribution in [3.63, 3.8) is 0 Å². The molecule has 0 atom stereocenters. The molecule has 0 unspecified atom stereocenters. The summed E-state index contributed by atoms with van der Waals surface area (Å²) in [5.74, 6) is 0. The highest BCUT2D eigenvalue weighted by atomic mass is 35.5. The number of rotatable bonds is 0. The van der Waals surface area contributed by atoms with E-state index in [1.54, 1.807) is 18.5 Å². The lowest BCUT2D eigenvalue weighted by molar-refractivity contribution is 1.28. The summed E-state index contributed by atoms with van der Waals surface area (Å²) in [6, 6.07) is 5.43. The molecule has 3 rings (SSSR count). The van der Waals surface area contributed by atoms with E-state index in [2.05, 4.69) is 4.99 Å². The van der Waals surface area contributed by atoms with Gasteiger partial charge in [-0.3, -0.25) is 0 Å². The Balaban J connectivity index is 2.59. The third-order valence-electron chi connectivity index (χ3n) is 2.82. The Labute approximate surface area is 113 Å². The Morgan fingerprint density at radius 1 is 1.06 bits per heavy atom. The van der Waals surface area contributed by atoms with E-state index in [0.717, 1.165) is 22.1 Å². The van der Waals surface area contributed by atoms with E-state index in [1.807, 2.05) is 18.0 Å². The Hall–Kier alpha value is -0.960. The van der Waals surface area contributed by atoms with Gasteiger partial charge >= 0.3 is 0 Å². The summed E-state index contributed by atoms with van der Waals surface area (Å²) < 4.78 is 0. The molecule has 0 spiro atoms. The summed E-state index contributed by atoms with van der Waals surface area (Å²) in [6.45, 7) is 0. The van der Waals surface area contributed by atoms with Crippen LogP contribution in [-0.2, 0) is 0 Å². The Morgan fingerprint density at radius 2 is 1.82 bits per heavy atom. The zero-order valence-electron chi connectivity index (χ0n) is 8.84. The minimum atomic E-state index is 0.597. The van der Waals surface area contributed by atoms with E-state index in [4.69, 9.17) is 34.8 Å². The summed E-state index contributed by atoms with van der Waals surface area (Å²) in [4.78, 5) is 6.19. The first-order valence-corrected chi connectivity index (χ1v) is 6.10. The van der Waals surface area contributed by atoms with Crippen molar-refractivity contribution < 1.29 is 0 Å². The van der Waals surface area contributed by atoms with Gasteiger partial charge in [0.25, 0.3) is 0 Å². The van der Waals surface area contributed by atoms with E-state index >= 15 is 0 Å². The van der Waals surface area contributed by atoms with Gasteiger partial charge in [-0.15, -0.1) is 0 Å². The van der Waals surface area contributed by atoms with Crippen molar-refractivity contribution in [2.75, 3.05) is 11.9 Å². The highest BCUT2D eigenvalue weighted by Gasteiger charge is 2.20. The third-order valence-corrected chi connectivity index (χ3v) is 3.72. The lowest BCUT2D eigenvalue weighted by atomic mass is 10.0. The molecule has 2 aromatic carbocycles. The molecule has 0 aliphatic carbocycles. The number of aliphatic imine (C=N–C) groups is 1. The quantitative estimate of drug-likeness (QED) is 0.671. The highest BCUT2D eigenvalue weighted by molar-refractivity contribution is 6.44. The van der Waals surface area contributed by atoms with Crippen molar-refractivity contribution in [2.24, 2.45) is 4.99 Å². The summed E-state index contributed by atoms with van der Waals surface area (Å²) in [7, 11) is 1.89. The largest absolute Gasteiger partial charge is 0.334 e. The fraction of sp³-hybridized carbons (Fsp3) is 0.0833. The average Bonchev–Trinajstić information content (AvgIpc) is 2.27. The molecular weight excluding hydrogens is 279 g/mol. The van der Waals surface area contributed by atoms with Crippen LogP contribution in [0.3, 0.4) is 0 Å². The summed E-state index contributed by atoms with van der Waals surface area (Å²) >= 11 is 18.6. The van der Waals surface area contributed by atoms with Crippen molar-refractivity contribution in [1.29, 1.82) is 0 Å². The second kappa shape index (κ2) is 3.77. The monoisotopic (exact) mass is 284 g/mol. The number of nitrogens with zero attached hydrogens (tertiary/aromatic N) is 2. The minimum Gasteiger partial charge on any atom is -0.334 e. The van der Waals surface area contributed by atoms with Crippen molar-refractivity contribution >= 4 is 63.3 Å². The number of benzene rings is 2. The fourth-order valence-electron chi connectivity index (χ4n) is 2.05. The Kier molecular flexibility index (Phi) is 2.47. The Morgan fingerprint density at radius 3 is 2.59 bits per heavy atom. The van der Waals surface area contributed by atoms with Crippen molar-refractivity contribution in [3.05, 3.63) is 33.3 Å².